The minimum Gasteiger partial charge on any atom is -0.467 e. The summed E-state index contributed by atoms with van der Waals surface area (Å²) in [6.07, 6.45) is 1.14. The zero-order valence-electron chi connectivity index (χ0n) is 10.1. The smallest absolute Gasteiger partial charge is 0.336 e. The fraction of sp³-hybridized carbons (Fsp3) is 0.500. The number of morpholine rings is 1. The van der Waals surface area contributed by atoms with E-state index < -0.39 is 6.10 Å². The van der Waals surface area contributed by atoms with E-state index in [2.05, 4.69) is 14.6 Å². The Bertz CT molecular complexity index is 428. The van der Waals surface area contributed by atoms with Crippen LogP contribution in [-0.4, -0.2) is 48.8 Å². The molecule has 5 nitrogen and oxygen atoms in total. The van der Waals surface area contributed by atoms with Crippen molar-refractivity contribution in [3.63, 3.8) is 0 Å². The van der Waals surface area contributed by atoms with Gasteiger partial charge in [0.15, 0.2) is 6.10 Å². The molecule has 1 atom stereocenters. The van der Waals surface area contributed by atoms with Crippen molar-refractivity contribution in [3.8, 4) is 0 Å². The van der Waals surface area contributed by atoms with E-state index >= 15 is 0 Å². The normalized spacial score (nSPS) is 20.7. The zero-order valence-corrected chi connectivity index (χ0v) is 10.9. The number of carbonyl (C=O) groups is 1. The molecule has 0 bridgehead atoms. The average Bonchev–Trinajstić information content (AvgIpc) is 2.41. The van der Waals surface area contributed by atoms with Crippen molar-refractivity contribution in [1.29, 1.82) is 0 Å². The number of halogens is 1. The maximum absolute atomic E-state index is 11.4. The van der Waals surface area contributed by atoms with Crippen LogP contribution in [0, 0.1) is 0 Å². The van der Waals surface area contributed by atoms with Gasteiger partial charge in [-0.3, -0.25) is 4.90 Å². The number of pyridine rings is 1. The molecule has 0 saturated carbocycles. The molecular formula is C12H15ClN2O3. The third-order valence-electron chi connectivity index (χ3n) is 2.84. The summed E-state index contributed by atoms with van der Waals surface area (Å²) in [5.74, 6) is -0.336. The molecule has 0 radical (unpaired) electrons. The minimum absolute atomic E-state index is 0.336. The first kappa shape index (κ1) is 13.3. The highest BCUT2D eigenvalue weighted by Gasteiger charge is 2.27. The Labute approximate surface area is 111 Å². The lowest BCUT2D eigenvalue weighted by molar-refractivity contribution is -0.160. The van der Waals surface area contributed by atoms with Gasteiger partial charge in [0, 0.05) is 31.4 Å². The van der Waals surface area contributed by atoms with Crippen LogP contribution in [0.3, 0.4) is 0 Å². The van der Waals surface area contributed by atoms with Crippen LogP contribution in [0.2, 0.25) is 5.15 Å². The van der Waals surface area contributed by atoms with Crippen molar-refractivity contribution in [3.05, 3.63) is 29.0 Å². The molecule has 0 N–H and O–H groups in total. The highest BCUT2D eigenvalue weighted by Crippen LogP contribution is 2.16. The Kier molecular flexibility index (Phi) is 4.52. The van der Waals surface area contributed by atoms with E-state index in [-0.39, 0.29) is 5.97 Å². The third kappa shape index (κ3) is 3.19. The first-order valence-corrected chi connectivity index (χ1v) is 6.09. The fourth-order valence-electron chi connectivity index (χ4n) is 1.90. The van der Waals surface area contributed by atoms with Crippen LogP contribution in [-0.2, 0) is 20.8 Å². The Morgan fingerprint density at radius 1 is 1.72 bits per heavy atom. The summed E-state index contributed by atoms with van der Waals surface area (Å²) in [6, 6.07) is 3.78. The van der Waals surface area contributed by atoms with Crippen molar-refractivity contribution in [2.24, 2.45) is 0 Å². The van der Waals surface area contributed by atoms with E-state index in [1.54, 1.807) is 6.20 Å². The number of esters is 1. The predicted octanol–water partition coefficient (Wildman–Crippen LogP) is 1.11. The predicted molar refractivity (Wildman–Crippen MR) is 66.3 cm³/mol. The standard InChI is InChI=1S/C12H15ClN2O3/c1-17-12(16)10-8-15(5-6-18-10)7-9-3-2-4-14-11(9)13/h2-4,10H,5-8H2,1H3. The van der Waals surface area contributed by atoms with Crippen molar-refractivity contribution >= 4 is 17.6 Å². The summed E-state index contributed by atoms with van der Waals surface area (Å²) in [4.78, 5) is 17.6. The van der Waals surface area contributed by atoms with Gasteiger partial charge in [-0.2, -0.15) is 0 Å². The maximum atomic E-state index is 11.4. The Morgan fingerprint density at radius 2 is 2.56 bits per heavy atom. The van der Waals surface area contributed by atoms with Gasteiger partial charge in [0.05, 0.1) is 13.7 Å². The lowest BCUT2D eigenvalue weighted by Gasteiger charge is -2.31. The zero-order chi connectivity index (χ0) is 13.0. The number of nitrogens with zero attached hydrogens (tertiary/aromatic N) is 2. The molecule has 1 saturated heterocycles. The van der Waals surface area contributed by atoms with Crippen LogP contribution in [0.1, 0.15) is 5.56 Å². The van der Waals surface area contributed by atoms with Gasteiger partial charge in [-0.25, -0.2) is 9.78 Å². The molecule has 1 aliphatic rings. The average molecular weight is 271 g/mol. The van der Waals surface area contributed by atoms with Crippen LogP contribution in [0.5, 0.6) is 0 Å². The highest BCUT2D eigenvalue weighted by molar-refractivity contribution is 6.30. The third-order valence-corrected chi connectivity index (χ3v) is 3.19. The summed E-state index contributed by atoms with van der Waals surface area (Å²) >= 11 is 6.01. The summed E-state index contributed by atoms with van der Waals surface area (Å²) in [5, 5.41) is 0.499. The maximum Gasteiger partial charge on any atom is 0.336 e. The Balaban J connectivity index is 1.98. The number of hydrogen-bond donors (Lipinski definition) is 0. The molecule has 2 rings (SSSR count). The van der Waals surface area contributed by atoms with Gasteiger partial charge in [-0.1, -0.05) is 17.7 Å². The molecule has 1 aromatic rings. The largest absolute Gasteiger partial charge is 0.467 e. The van der Waals surface area contributed by atoms with E-state index in [4.69, 9.17) is 16.3 Å². The lowest BCUT2D eigenvalue weighted by Crippen LogP contribution is -2.46. The molecule has 0 amide bonds. The second kappa shape index (κ2) is 6.13. The number of rotatable bonds is 3. The molecule has 98 valence electrons. The van der Waals surface area contributed by atoms with Crippen molar-refractivity contribution in [2.75, 3.05) is 26.8 Å². The van der Waals surface area contributed by atoms with Crippen LogP contribution in [0.15, 0.2) is 18.3 Å². The number of carbonyl (C=O) groups excluding carboxylic acids is 1. The van der Waals surface area contributed by atoms with E-state index in [1.807, 2.05) is 12.1 Å². The van der Waals surface area contributed by atoms with E-state index in [0.717, 1.165) is 12.1 Å². The molecule has 0 aliphatic carbocycles. The molecule has 1 aromatic heterocycles. The molecule has 18 heavy (non-hydrogen) atoms. The van der Waals surface area contributed by atoms with Crippen LogP contribution >= 0.6 is 11.6 Å². The molecule has 0 spiro atoms. The van der Waals surface area contributed by atoms with Crippen LogP contribution < -0.4 is 0 Å². The summed E-state index contributed by atoms with van der Waals surface area (Å²) in [7, 11) is 1.36. The van der Waals surface area contributed by atoms with Gasteiger partial charge in [0.2, 0.25) is 0 Å². The molecule has 0 aromatic carbocycles. The van der Waals surface area contributed by atoms with Gasteiger partial charge in [0.1, 0.15) is 5.15 Å². The SMILES string of the molecule is COC(=O)C1CN(Cc2cccnc2Cl)CCO1. The molecule has 1 fully saturated rings. The topological polar surface area (TPSA) is 51.7 Å². The number of hydrogen-bond acceptors (Lipinski definition) is 5. The monoisotopic (exact) mass is 270 g/mol. The van der Waals surface area contributed by atoms with E-state index in [1.165, 1.54) is 7.11 Å². The number of ether oxygens (including phenoxy) is 2. The molecule has 1 aliphatic heterocycles. The molecule has 2 heterocycles. The van der Waals surface area contributed by atoms with E-state index in [0.29, 0.717) is 24.8 Å². The summed E-state index contributed by atoms with van der Waals surface area (Å²) in [6.45, 7) is 2.44. The molecule has 1 unspecified atom stereocenters. The second-order valence-electron chi connectivity index (χ2n) is 4.07. The number of aromatic nitrogens is 1. The van der Waals surface area contributed by atoms with Crippen molar-refractivity contribution in [1.82, 2.24) is 9.88 Å². The first-order valence-electron chi connectivity index (χ1n) is 5.72. The van der Waals surface area contributed by atoms with Crippen molar-refractivity contribution in [2.45, 2.75) is 12.6 Å². The quantitative estimate of drug-likeness (QED) is 0.608. The van der Waals surface area contributed by atoms with Gasteiger partial charge < -0.3 is 9.47 Å². The molecular weight excluding hydrogens is 256 g/mol. The van der Waals surface area contributed by atoms with Gasteiger partial charge in [-0.15, -0.1) is 0 Å². The fourth-order valence-corrected chi connectivity index (χ4v) is 2.08. The van der Waals surface area contributed by atoms with Crippen LogP contribution in [0.25, 0.3) is 0 Å². The Hall–Kier alpha value is -1.17. The highest BCUT2D eigenvalue weighted by atomic mass is 35.5. The first-order chi connectivity index (χ1) is 8.70. The lowest BCUT2D eigenvalue weighted by atomic mass is 10.2. The summed E-state index contributed by atoms with van der Waals surface area (Å²) in [5.41, 5.74) is 0.949. The Morgan fingerprint density at radius 3 is 3.28 bits per heavy atom. The van der Waals surface area contributed by atoms with Crippen LogP contribution in [0.4, 0.5) is 0 Å². The van der Waals surface area contributed by atoms with Crippen molar-refractivity contribution < 1.29 is 14.3 Å². The van der Waals surface area contributed by atoms with Gasteiger partial charge >= 0.3 is 5.97 Å². The number of methoxy groups -OCH3 is 1. The van der Waals surface area contributed by atoms with Gasteiger partial charge in [0.25, 0.3) is 0 Å². The minimum atomic E-state index is -0.515. The van der Waals surface area contributed by atoms with Gasteiger partial charge in [-0.05, 0) is 6.07 Å². The summed E-state index contributed by atoms with van der Waals surface area (Å²) < 4.78 is 10.0. The van der Waals surface area contributed by atoms with E-state index in [9.17, 15) is 4.79 Å². The second-order valence-corrected chi connectivity index (χ2v) is 4.43. The molecule has 6 heteroatoms.